The Hall–Kier alpha value is -2.76. The summed E-state index contributed by atoms with van der Waals surface area (Å²) in [6.07, 6.45) is 1.45. The highest BCUT2D eigenvalue weighted by Crippen LogP contribution is 2.40. The molecule has 1 heterocycles. The molecule has 0 saturated heterocycles. The number of nitrogens with zero attached hydrogens (tertiary/aromatic N) is 1. The number of rotatable bonds is 5. The second-order valence-electron chi connectivity index (χ2n) is 3.75. The quantitative estimate of drug-likeness (QED) is 0.903. The standard InChI is InChI=1S/C14H13NO5/c1-18-10-6-3-7-11(19-2)12(10)20-13-9(14(16)17)5-4-8-15-13/h3-8H,1-2H3,(H,16,17). The number of aromatic carboxylic acids is 1. The molecule has 1 aromatic carbocycles. The van der Waals surface area contributed by atoms with Crippen molar-refractivity contribution in [3.63, 3.8) is 0 Å². The van der Waals surface area contributed by atoms with E-state index in [1.165, 1.54) is 32.5 Å². The lowest BCUT2D eigenvalue weighted by molar-refractivity contribution is 0.0693. The van der Waals surface area contributed by atoms with Gasteiger partial charge in [0.25, 0.3) is 0 Å². The zero-order chi connectivity index (χ0) is 14.5. The van der Waals surface area contributed by atoms with Gasteiger partial charge >= 0.3 is 5.97 Å². The van der Waals surface area contributed by atoms with Crippen molar-refractivity contribution < 1.29 is 24.1 Å². The molecule has 0 unspecified atom stereocenters. The molecule has 0 aliphatic heterocycles. The van der Waals surface area contributed by atoms with E-state index in [9.17, 15) is 4.79 Å². The number of carboxylic acids is 1. The smallest absolute Gasteiger partial charge is 0.341 e. The summed E-state index contributed by atoms with van der Waals surface area (Å²) in [7, 11) is 2.97. The zero-order valence-corrected chi connectivity index (χ0v) is 11.0. The molecule has 0 atom stereocenters. The van der Waals surface area contributed by atoms with Crippen molar-refractivity contribution in [3.8, 4) is 23.1 Å². The van der Waals surface area contributed by atoms with Crippen molar-refractivity contribution >= 4 is 5.97 Å². The summed E-state index contributed by atoms with van der Waals surface area (Å²) >= 11 is 0. The Morgan fingerprint density at radius 3 is 2.30 bits per heavy atom. The topological polar surface area (TPSA) is 77.9 Å². The van der Waals surface area contributed by atoms with Gasteiger partial charge in [-0.05, 0) is 24.3 Å². The van der Waals surface area contributed by atoms with Crippen LogP contribution in [-0.2, 0) is 0 Å². The molecule has 2 rings (SSSR count). The van der Waals surface area contributed by atoms with Gasteiger partial charge in [0, 0.05) is 6.20 Å². The van der Waals surface area contributed by atoms with E-state index in [0.29, 0.717) is 11.5 Å². The maximum Gasteiger partial charge on any atom is 0.341 e. The van der Waals surface area contributed by atoms with Gasteiger partial charge in [0.1, 0.15) is 5.56 Å². The van der Waals surface area contributed by atoms with Gasteiger partial charge in [0.2, 0.25) is 11.6 Å². The maximum atomic E-state index is 11.1. The lowest BCUT2D eigenvalue weighted by atomic mass is 10.2. The molecular weight excluding hydrogens is 262 g/mol. The zero-order valence-electron chi connectivity index (χ0n) is 11.0. The number of hydrogen-bond acceptors (Lipinski definition) is 5. The SMILES string of the molecule is COc1cccc(OC)c1Oc1ncccc1C(=O)O. The van der Waals surface area contributed by atoms with Crippen LogP contribution in [0.25, 0.3) is 0 Å². The first kappa shape index (κ1) is 13.7. The van der Waals surface area contributed by atoms with Crippen LogP contribution in [0, 0.1) is 0 Å². The van der Waals surface area contributed by atoms with Gasteiger partial charge in [-0.2, -0.15) is 0 Å². The average molecular weight is 275 g/mol. The van der Waals surface area contributed by atoms with Crippen LogP contribution in [0.4, 0.5) is 0 Å². The molecule has 0 aliphatic carbocycles. The third kappa shape index (κ3) is 2.64. The summed E-state index contributed by atoms with van der Waals surface area (Å²) in [6.45, 7) is 0. The molecule has 0 amide bonds. The van der Waals surface area contributed by atoms with Gasteiger partial charge in [-0.25, -0.2) is 9.78 Å². The van der Waals surface area contributed by atoms with Crippen LogP contribution in [0.2, 0.25) is 0 Å². The Balaban J connectivity index is 2.47. The lowest BCUT2D eigenvalue weighted by Gasteiger charge is -2.14. The van der Waals surface area contributed by atoms with Crippen LogP contribution in [0.1, 0.15) is 10.4 Å². The number of carbonyl (C=O) groups is 1. The Kier molecular flexibility index (Phi) is 4.05. The molecule has 2 aromatic rings. The molecule has 6 nitrogen and oxygen atoms in total. The monoisotopic (exact) mass is 275 g/mol. The molecule has 1 N–H and O–H groups in total. The van der Waals surface area contributed by atoms with Gasteiger partial charge in [-0.3, -0.25) is 0 Å². The second-order valence-corrected chi connectivity index (χ2v) is 3.75. The number of carboxylic acid groups (broad SMARTS) is 1. The predicted octanol–water partition coefficient (Wildman–Crippen LogP) is 2.59. The van der Waals surface area contributed by atoms with Crippen molar-refractivity contribution in [2.45, 2.75) is 0 Å². The van der Waals surface area contributed by atoms with Gasteiger partial charge in [-0.15, -0.1) is 0 Å². The lowest BCUT2D eigenvalue weighted by Crippen LogP contribution is -2.03. The normalized spacial score (nSPS) is 9.90. The molecule has 6 heteroatoms. The van der Waals surface area contributed by atoms with Crippen molar-refractivity contribution in [1.29, 1.82) is 0 Å². The summed E-state index contributed by atoms with van der Waals surface area (Å²) in [5.74, 6) is -0.0267. The minimum absolute atomic E-state index is 0.0252. The van der Waals surface area contributed by atoms with Crippen molar-refractivity contribution in [1.82, 2.24) is 4.98 Å². The highest BCUT2D eigenvalue weighted by Gasteiger charge is 2.18. The molecule has 0 bridgehead atoms. The molecule has 20 heavy (non-hydrogen) atoms. The van der Waals surface area contributed by atoms with E-state index in [1.807, 2.05) is 0 Å². The maximum absolute atomic E-state index is 11.1. The Morgan fingerprint density at radius 1 is 1.10 bits per heavy atom. The first-order valence-electron chi connectivity index (χ1n) is 5.74. The number of benzene rings is 1. The van der Waals surface area contributed by atoms with E-state index in [0.717, 1.165) is 0 Å². The van der Waals surface area contributed by atoms with E-state index in [1.54, 1.807) is 18.2 Å². The summed E-state index contributed by atoms with van der Waals surface area (Å²) in [4.78, 5) is 15.1. The highest BCUT2D eigenvalue weighted by atomic mass is 16.5. The van der Waals surface area contributed by atoms with E-state index >= 15 is 0 Å². The van der Waals surface area contributed by atoms with Crippen LogP contribution >= 0.6 is 0 Å². The van der Waals surface area contributed by atoms with Gasteiger partial charge in [0.05, 0.1) is 14.2 Å². The molecular formula is C14H13NO5. The Morgan fingerprint density at radius 2 is 1.75 bits per heavy atom. The molecule has 0 saturated carbocycles. The second kappa shape index (κ2) is 5.92. The minimum atomic E-state index is -1.12. The minimum Gasteiger partial charge on any atom is -0.493 e. The fraction of sp³-hybridized carbons (Fsp3) is 0.143. The number of aromatic nitrogens is 1. The molecule has 104 valence electrons. The molecule has 0 fully saturated rings. The Bertz CT molecular complexity index is 604. The van der Waals surface area contributed by atoms with Crippen molar-refractivity contribution in [2.24, 2.45) is 0 Å². The number of pyridine rings is 1. The number of para-hydroxylation sites is 1. The van der Waals surface area contributed by atoms with Crippen molar-refractivity contribution in [2.75, 3.05) is 14.2 Å². The summed E-state index contributed by atoms with van der Waals surface area (Å²) in [6, 6.07) is 8.03. The number of methoxy groups -OCH3 is 2. The average Bonchev–Trinajstić information content (AvgIpc) is 2.47. The molecule has 1 aromatic heterocycles. The Labute approximate surface area is 115 Å². The van der Waals surface area contributed by atoms with Crippen LogP contribution in [-0.4, -0.2) is 30.3 Å². The van der Waals surface area contributed by atoms with Crippen LogP contribution in [0.15, 0.2) is 36.5 Å². The van der Waals surface area contributed by atoms with Crippen LogP contribution < -0.4 is 14.2 Å². The predicted molar refractivity (Wildman–Crippen MR) is 70.8 cm³/mol. The molecule has 0 aliphatic rings. The largest absolute Gasteiger partial charge is 0.493 e. The summed E-state index contributed by atoms with van der Waals surface area (Å²) in [5.41, 5.74) is -0.0412. The third-order valence-electron chi connectivity index (χ3n) is 2.58. The molecule has 0 radical (unpaired) electrons. The third-order valence-corrected chi connectivity index (χ3v) is 2.58. The fourth-order valence-corrected chi connectivity index (χ4v) is 1.65. The van der Waals surface area contributed by atoms with Gasteiger partial charge in [-0.1, -0.05) is 6.07 Å². The van der Waals surface area contributed by atoms with E-state index in [-0.39, 0.29) is 17.2 Å². The van der Waals surface area contributed by atoms with Gasteiger partial charge in [0.15, 0.2) is 11.5 Å². The van der Waals surface area contributed by atoms with Crippen molar-refractivity contribution in [3.05, 3.63) is 42.1 Å². The van der Waals surface area contributed by atoms with E-state index < -0.39 is 5.97 Å². The summed E-state index contributed by atoms with van der Waals surface area (Å²) in [5, 5.41) is 9.11. The first-order chi connectivity index (χ1) is 9.67. The van der Waals surface area contributed by atoms with Crippen LogP contribution in [0.3, 0.4) is 0 Å². The number of hydrogen-bond donors (Lipinski definition) is 1. The van der Waals surface area contributed by atoms with Crippen LogP contribution in [0.5, 0.6) is 23.1 Å². The highest BCUT2D eigenvalue weighted by molar-refractivity contribution is 5.90. The first-order valence-corrected chi connectivity index (χ1v) is 5.74. The van der Waals surface area contributed by atoms with Gasteiger partial charge < -0.3 is 19.3 Å². The summed E-state index contributed by atoms with van der Waals surface area (Å²) < 4.78 is 15.9. The number of ether oxygens (including phenoxy) is 3. The fourth-order valence-electron chi connectivity index (χ4n) is 1.65. The van der Waals surface area contributed by atoms with E-state index in [4.69, 9.17) is 19.3 Å². The van der Waals surface area contributed by atoms with E-state index in [2.05, 4.69) is 4.98 Å². The molecule has 0 spiro atoms.